The Bertz CT molecular complexity index is 1160. The number of amides is 1. The van der Waals surface area contributed by atoms with E-state index in [-0.39, 0.29) is 35.0 Å². The summed E-state index contributed by atoms with van der Waals surface area (Å²) in [5.41, 5.74) is 18.0. The molecule has 0 bridgehead atoms. The summed E-state index contributed by atoms with van der Waals surface area (Å²) in [6.45, 7) is 4.90. The predicted octanol–water partition coefficient (Wildman–Crippen LogP) is 2.12. The fourth-order valence-electron chi connectivity index (χ4n) is 4.43. The minimum Gasteiger partial charge on any atom is -0.492 e. The van der Waals surface area contributed by atoms with E-state index in [0.29, 0.717) is 39.1 Å². The SMILES string of the molecule is CCCCCCN(CCOc1ccc(CCCCN=C(N)NC(=O)c2nc(Cl)c(N)nc2N)cc1)C[C@H](O)CC[C@H](O)CO. The van der Waals surface area contributed by atoms with Gasteiger partial charge in [0, 0.05) is 19.6 Å². The van der Waals surface area contributed by atoms with Gasteiger partial charge in [-0.05, 0) is 62.8 Å². The molecule has 44 heavy (non-hydrogen) atoms. The molecule has 1 aromatic heterocycles. The van der Waals surface area contributed by atoms with E-state index in [4.69, 9.17) is 38.6 Å². The van der Waals surface area contributed by atoms with Gasteiger partial charge < -0.3 is 37.3 Å². The van der Waals surface area contributed by atoms with Gasteiger partial charge in [0.15, 0.2) is 28.4 Å². The number of aliphatic hydroxyl groups is 3. The second-order valence-electron chi connectivity index (χ2n) is 10.7. The zero-order chi connectivity index (χ0) is 32.3. The van der Waals surface area contributed by atoms with Gasteiger partial charge in [0.1, 0.15) is 12.4 Å². The van der Waals surface area contributed by atoms with Crippen LogP contribution in [0.1, 0.15) is 74.3 Å². The Morgan fingerprint density at radius 2 is 1.75 bits per heavy atom. The molecule has 13 nitrogen and oxygen atoms in total. The highest BCUT2D eigenvalue weighted by Gasteiger charge is 2.17. The summed E-state index contributed by atoms with van der Waals surface area (Å²) in [4.78, 5) is 26.3. The second-order valence-corrected chi connectivity index (χ2v) is 11.1. The Morgan fingerprint density at radius 1 is 1.02 bits per heavy atom. The topological polar surface area (TPSA) is 218 Å². The molecule has 2 aromatic rings. The number of aliphatic imine (C=N–C) groups is 1. The van der Waals surface area contributed by atoms with Crippen LogP contribution in [0.4, 0.5) is 11.6 Å². The number of ether oxygens (including phenoxy) is 1. The number of hydrogen-bond acceptors (Lipinski definition) is 11. The highest BCUT2D eigenvalue weighted by Crippen LogP contribution is 2.17. The summed E-state index contributed by atoms with van der Waals surface area (Å²) in [6.07, 6.45) is 6.52. The molecule has 246 valence electrons. The monoisotopic (exact) mass is 636 g/mol. The average Bonchev–Trinajstić information content (AvgIpc) is 3.00. The van der Waals surface area contributed by atoms with Crippen LogP contribution in [0.2, 0.25) is 5.15 Å². The van der Waals surface area contributed by atoms with Crippen LogP contribution in [0.3, 0.4) is 0 Å². The van der Waals surface area contributed by atoms with E-state index in [2.05, 4.69) is 32.1 Å². The van der Waals surface area contributed by atoms with Crippen LogP contribution in [-0.2, 0) is 6.42 Å². The molecule has 0 aliphatic carbocycles. The predicted molar refractivity (Wildman–Crippen MR) is 174 cm³/mol. The maximum absolute atomic E-state index is 12.3. The molecule has 0 unspecified atom stereocenters. The standard InChI is InChI=1S/C30H49ClN8O5/c1-2-3-4-7-16-39(19-22(41)11-12-23(42)20-40)17-18-44-24-13-9-21(10-14-24)8-5-6-15-35-30(34)38-29(43)25-27(32)37-28(33)26(31)36-25/h9-10,13-14,22-23,40-42H,2-8,11-12,15-20H2,1H3,(H4,32,33,37)(H3,34,35,38,43)/t22-,23+/m1/s1. The maximum atomic E-state index is 12.3. The number of halogens is 1. The minimum absolute atomic E-state index is 0.0554. The number of nitrogens with zero attached hydrogens (tertiary/aromatic N) is 4. The van der Waals surface area contributed by atoms with E-state index in [0.717, 1.165) is 50.8 Å². The fourth-order valence-corrected chi connectivity index (χ4v) is 4.56. The van der Waals surface area contributed by atoms with Crippen molar-refractivity contribution in [3.63, 3.8) is 0 Å². The molecule has 1 heterocycles. The van der Waals surface area contributed by atoms with E-state index < -0.39 is 18.1 Å². The summed E-state index contributed by atoms with van der Waals surface area (Å²) in [5.74, 6) is -0.168. The number of aromatic nitrogens is 2. The molecule has 0 spiro atoms. The molecule has 0 fully saturated rings. The highest BCUT2D eigenvalue weighted by molar-refractivity contribution is 6.31. The number of guanidine groups is 1. The highest BCUT2D eigenvalue weighted by atomic mass is 35.5. The summed E-state index contributed by atoms with van der Waals surface area (Å²) < 4.78 is 5.98. The van der Waals surface area contributed by atoms with Crippen LogP contribution in [0.15, 0.2) is 29.3 Å². The van der Waals surface area contributed by atoms with Crippen LogP contribution < -0.4 is 27.3 Å². The molecule has 2 rings (SSSR count). The molecule has 10 N–H and O–H groups in total. The first-order valence-corrected chi connectivity index (χ1v) is 15.6. The number of anilines is 2. The van der Waals surface area contributed by atoms with Crippen molar-refractivity contribution in [2.45, 2.75) is 76.9 Å². The fraction of sp³-hybridized carbons (Fsp3) is 0.600. The number of aryl methyl sites for hydroxylation is 1. The molecular weight excluding hydrogens is 588 g/mol. The summed E-state index contributed by atoms with van der Waals surface area (Å²) in [7, 11) is 0. The van der Waals surface area contributed by atoms with Crippen molar-refractivity contribution in [1.82, 2.24) is 20.2 Å². The Labute approximate surface area is 264 Å². The van der Waals surface area contributed by atoms with Gasteiger partial charge in [0.25, 0.3) is 5.91 Å². The quantitative estimate of drug-likeness (QED) is 0.0597. The van der Waals surface area contributed by atoms with Crippen molar-refractivity contribution in [2.75, 3.05) is 50.9 Å². The second kappa shape index (κ2) is 20.7. The normalized spacial score (nSPS) is 13.2. The van der Waals surface area contributed by atoms with Gasteiger partial charge in [-0.1, -0.05) is 49.9 Å². The molecule has 0 aliphatic rings. The molecule has 2 atom stereocenters. The Balaban J connectivity index is 1.71. The number of nitrogens with two attached hydrogens (primary N) is 3. The minimum atomic E-state index is -0.792. The van der Waals surface area contributed by atoms with Crippen molar-refractivity contribution < 1.29 is 24.9 Å². The van der Waals surface area contributed by atoms with Crippen LogP contribution in [0, 0.1) is 0 Å². The van der Waals surface area contributed by atoms with Crippen LogP contribution in [0.5, 0.6) is 5.75 Å². The van der Waals surface area contributed by atoms with Crippen molar-refractivity contribution >= 4 is 35.1 Å². The molecular formula is C30H49ClN8O5. The van der Waals surface area contributed by atoms with Crippen LogP contribution in [0.25, 0.3) is 0 Å². The lowest BCUT2D eigenvalue weighted by Crippen LogP contribution is -2.38. The number of rotatable bonds is 21. The summed E-state index contributed by atoms with van der Waals surface area (Å²) in [5, 5.41) is 31.3. The van der Waals surface area contributed by atoms with Gasteiger partial charge in [-0.15, -0.1) is 0 Å². The summed E-state index contributed by atoms with van der Waals surface area (Å²) in [6, 6.07) is 7.98. The van der Waals surface area contributed by atoms with E-state index >= 15 is 0 Å². The third-order valence-corrected chi connectivity index (χ3v) is 7.24. The van der Waals surface area contributed by atoms with Crippen molar-refractivity contribution in [2.24, 2.45) is 10.7 Å². The van der Waals surface area contributed by atoms with Crippen molar-refractivity contribution in [3.8, 4) is 5.75 Å². The van der Waals surface area contributed by atoms with Crippen molar-refractivity contribution in [3.05, 3.63) is 40.7 Å². The molecule has 1 amide bonds. The zero-order valence-corrected chi connectivity index (χ0v) is 26.4. The molecule has 1 aromatic carbocycles. The number of carbonyl (C=O) groups is 1. The lowest BCUT2D eigenvalue weighted by Gasteiger charge is -2.25. The van der Waals surface area contributed by atoms with Gasteiger partial charge in [0.2, 0.25) is 0 Å². The third kappa shape index (κ3) is 14.5. The number of aliphatic hydroxyl groups excluding tert-OH is 3. The number of nitrogens with one attached hydrogen (secondary N) is 1. The van der Waals surface area contributed by atoms with Crippen LogP contribution in [-0.4, -0.2) is 93.7 Å². The van der Waals surface area contributed by atoms with Gasteiger partial charge in [0.05, 0.1) is 18.8 Å². The van der Waals surface area contributed by atoms with E-state index in [1.165, 1.54) is 12.0 Å². The van der Waals surface area contributed by atoms with E-state index in [1.807, 2.05) is 24.3 Å². The first-order chi connectivity index (χ1) is 21.1. The molecule has 0 aliphatic heterocycles. The number of hydrogen-bond donors (Lipinski definition) is 7. The van der Waals surface area contributed by atoms with Gasteiger partial charge in [-0.2, -0.15) is 0 Å². The number of nitrogen functional groups attached to an aromatic ring is 2. The molecule has 0 radical (unpaired) electrons. The average molecular weight is 637 g/mol. The molecule has 0 saturated carbocycles. The lowest BCUT2D eigenvalue weighted by molar-refractivity contribution is 0.0539. The Hall–Kier alpha value is -3.23. The molecule has 0 saturated heterocycles. The smallest absolute Gasteiger partial charge is 0.280 e. The third-order valence-electron chi connectivity index (χ3n) is 6.96. The first kappa shape index (κ1) is 37.0. The van der Waals surface area contributed by atoms with Gasteiger partial charge in [-0.3, -0.25) is 20.0 Å². The number of unbranched alkanes of at least 4 members (excludes halogenated alkanes) is 4. The number of benzene rings is 1. The van der Waals surface area contributed by atoms with Crippen molar-refractivity contribution in [1.29, 1.82) is 0 Å². The Kier molecular flexibility index (Phi) is 17.4. The summed E-state index contributed by atoms with van der Waals surface area (Å²) >= 11 is 5.81. The van der Waals surface area contributed by atoms with Crippen LogP contribution >= 0.6 is 11.6 Å². The van der Waals surface area contributed by atoms with E-state index in [1.54, 1.807) is 0 Å². The first-order valence-electron chi connectivity index (χ1n) is 15.2. The molecule has 14 heteroatoms. The van der Waals surface area contributed by atoms with Gasteiger partial charge in [-0.25, -0.2) is 9.97 Å². The van der Waals surface area contributed by atoms with Gasteiger partial charge >= 0.3 is 0 Å². The maximum Gasteiger partial charge on any atom is 0.280 e. The zero-order valence-electron chi connectivity index (χ0n) is 25.6. The number of carbonyl (C=O) groups excluding carboxylic acids is 1. The lowest BCUT2D eigenvalue weighted by atomic mass is 10.1. The largest absolute Gasteiger partial charge is 0.492 e. The van der Waals surface area contributed by atoms with E-state index in [9.17, 15) is 15.0 Å². The Morgan fingerprint density at radius 3 is 2.45 bits per heavy atom.